The van der Waals surface area contributed by atoms with Gasteiger partial charge in [-0.3, -0.25) is 4.79 Å². The van der Waals surface area contributed by atoms with Gasteiger partial charge in [-0.2, -0.15) is 4.31 Å². The molecule has 0 radical (unpaired) electrons. The molecule has 1 fully saturated rings. The molecular formula is C22H26N2O8S. The molecule has 1 heterocycles. The number of amides is 1. The normalized spacial score (nSPS) is 14.5. The predicted molar refractivity (Wildman–Crippen MR) is 118 cm³/mol. The van der Waals surface area contributed by atoms with Crippen molar-refractivity contribution in [3.8, 4) is 17.2 Å². The molecule has 0 bridgehead atoms. The van der Waals surface area contributed by atoms with Crippen molar-refractivity contribution < 1.29 is 37.0 Å². The van der Waals surface area contributed by atoms with Crippen LogP contribution in [0.25, 0.3) is 0 Å². The average Bonchev–Trinajstić information content (AvgIpc) is 2.86. The molecule has 178 valence electrons. The van der Waals surface area contributed by atoms with Gasteiger partial charge < -0.3 is 23.8 Å². The number of methoxy groups -OCH3 is 3. The summed E-state index contributed by atoms with van der Waals surface area (Å²) in [6.45, 7) is 0.543. The van der Waals surface area contributed by atoms with Crippen LogP contribution in [0.5, 0.6) is 17.2 Å². The average molecular weight is 479 g/mol. The summed E-state index contributed by atoms with van der Waals surface area (Å²) in [5.74, 6) is 0.339. The van der Waals surface area contributed by atoms with Crippen molar-refractivity contribution in [2.75, 3.05) is 54.1 Å². The Morgan fingerprint density at radius 2 is 1.61 bits per heavy atom. The fourth-order valence-electron chi connectivity index (χ4n) is 3.37. The number of hydrogen-bond donors (Lipinski definition) is 0. The van der Waals surface area contributed by atoms with Gasteiger partial charge in [0.15, 0.2) is 18.1 Å². The van der Waals surface area contributed by atoms with E-state index in [0.717, 1.165) is 0 Å². The number of sulfonamides is 1. The number of benzene rings is 2. The van der Waals surface area contributed by atoms with Gasteiger partial charge in [-0.25, -0.2) is 13.2 Å². The summed E-state index contributed by atoms with van der Waals surface area (Å²) in [5, 5.41) is 0. The summed E-state index contributed by atoms with van der Waals surface area (Å²) in [6.07, 6.45) is 0. The maximum atomic E-state index is 13.0. The lowest BCUT2D eigenvalue weighted by Gasteiger charge is -2.34. The maximum Gasteiger partial charge on any atom is 0.337 e. The first-order valence-electron chi connectivity index (χ1n) is 10.1. The van der Waals surface area contributed by atoms with Gasteiger partial charge in [-0.15, -0.1) is 0 Å². The van der Waals surface area contributed by atoms with E-state index in [1.165, 1.54) is 49.9 Å². The monoisotopic (exact) mass is 478 g/mol. The van der Waals surface area contributed by atoms with Crippen LogP contribution < -0.4 is 14.2 Å². The quantitative estimate of drug-likeness (QED) is 0.524. The molecule has 0 aromatic heterocycles. The molecule has 0 atom stereocenters. The lowest BCUT2D eigenvalue weighted by Crippen LogP contribution is -2.51. The molecule has 3 rings (SSSR count). The fraction of sp³-hybridized carbons (Fsp3) is 0.364. The third-order valence-corrected chi connectivity index (χ3v) is 7.10. The smallest absolute Gasteiger partial charge is 0.337 e. The lowest BCUT2D eigenvalue weighted by atomic mass is 10.2. The van der Waals surface area contributed by atoms with Gasteiger partial charge in [0.1, 0.15) is 5.75 Å². The van der Waals surface area contributed by atoms with E-state index in [-0.39, 0.29) is 43.6 Å². The van der Waals surface area contributed by atoms with E-state index >= 15 is 0 Å². The van der Waals surface area contributed by atoms with E-state index in [2.05, 4.69) is 4.74 Å². The molecule has 1 aliphatic rings. The van der Waals surface area contributed by atoms with E-state index in [1.807, 2.05) is 0 Å². The van der Waals surface area contributed by atoms with Gasteiger partial charge in [-0.1, -0.05) is 6.07 Å². The molecule has 1 saturated heterocycles. The first kappa shape index (κ1) is 24.3. The zero-order valence-electron chi connectivity index (χ0n) is 18.6. The molecule has 0 aliphatic carbocycles. The second-order valence-corrected chi connectivity index (χ2v) is 9.05. The fourth-order valence-corrected chi connectivity index (χ4v) is 4.81. The summed E-state index contributed by atoms with van der Waals surface area (Å²) in [7, 11) is 0.438. The van der Waals surface area contributed by atoms with Crippen LogP contribution in [0.2, 0.25) is 0 Å². The van der Waals surface area contributed by atoms with Crippen molar-refractivity contribution in [1.82, 2.24) is 9.21 Å². The minimum Gasteiger partial charge on any atom is -0.493 e. The Kier molecular flexibility index (Phi) is 7.77. The second kappa shape index (κ2) is 10.5. The van der Waals surface area contributed by atoms with Gasteiger partial charge in [0.05, 0.1) is 31.8 Å². The van der Waals surface area contributed by atoms with Crippen molar-refractivity contribution in [3.63, 3.8) is 0 Å². The van der Waals surface area contributed by atoms with Crippen LogP contribution in [0.4, 0.5) is 0 Å². The van der Waals surface area contributed by atoms with Crippen LogP contribution in [-0.2, 0) is 19.6 Å². The van der Waals surface area contributed by atoms with Crippen LogP contribution in [0, 0.1) is 0 Å². The molecular weight excluding hydrogens is 452 g/mol. The Balaban J connectivity index is 1.58. The van der Waals surface area contributed by atoms with Crippen molar-refractivity contribution >= 4 is 21.9 Å². The summed E-state index contributed by atoms with van der Waals surface area (Å²) < 4.78 is 47.9. The Morgan fingerprint density at radius 3 is 2.24 bits per heavy atom. The van der Waals surface area contributed by atoms with Gasteiger partial charge in [0.2, 0.25) is 10.0 Å². The van der Waals surface area contributed by atoms with Gasteiger partial charge >= 0.3 is 5.97 Å². The highest BCUT2D eigenvalue weighted by molar-refractivity contribution is 7.89. The maximum absolute atomic E-state index is 13.0. The Labute approximate surface area is 192 Å². The van der Waals surface area contributed by atoms with Gasteiger partial charge in [0, 0.05) is 32.2 Å². The highest BCUT2D eigenvalue weighted by Gasteiger charge is 2.31. The van der Waals surface area contributed by atoms with E-state index in [0.29, 0.717) is 22.8 Å². The molecule has 0 spiro atoms. The van der Waals surface area contributed by atoms with Crippen LogP contribution in [0.1, 0.15) is 10.4 Å². The minimum atomic E-state index is -3.75. The number of hydrogen-bond acceptors (Lipinski definition) is 8. The molecule has 2 aromatic carbocycles. The number of piperazine rings is 1. The van der Waals surface area contributed by atoms with Gasteiger partial charge in [-0.05, 0) is 30.3 Å². The standard InChI is InChI=1S/C22H26N2O8S/c1-29-19-8-7-18(14-20(19)30-2)33(27,28)24-11-9-23(10-12-24)21(25)15-32-17-6-4-5-16(13-17)22(26)31-3/h4-8,13-14H,9-12,15H2,1-3H3. The first-order chi connectivity index (χ1) is 15.8. The third kappa shape index (κ3) is 5.55. The first-order valence-corrected chi connectivity index (χ1v) is 11.5. The van der Waals surface area contributed by atoms with E-state index < -0.39 is 16.0 Å². The van der Waals surface area contributed by atoms with E-state index in [1.54, 1.807) is 23.1 Å². The van der Waals surface area contributed by atoms with E-state index in [9.17, 15) is 18.0 Å². The van der Waals surface area contributed by atoms with Crippen molar-refractivity contribution in [1.29, 1.82) is 0 Å². The number of carbonyl (C=O) groups excluding carboxylic acids is 2. The minimum absolute atomic E-state index is 0.0914. The Bertz CT molecular complexity index is 1110. The number of ether oxygens (including phenoxy) is 4. The number of rotatable bonds is 8. The largest absolute Gasteiger partial charge is 0.493 e. The summed E-state index contributed by atoms with van der Waals surface area (Å²) in [6, 6.07) is 10.8. The zero-order valence-corrected chi connectivity index (χ0v) is 19.5. The molecule has 0 unspecified atom stereocenters. The van der Waals surface area contributed by atoms with Crippen LogP contribution >= 0.6 is 0 Å². The van der Waals surface area contributed by atoms with Crippen molar-refractivity contribution in [2.45, 2.75) is 4.90 Å². The zero-order chi connectivity index (χ0) is 24.0. The SMILES string of the molecule is COC(=O)c1cccc(OCC(=O)N2CCN(S(=O)(=O)c3ccc(OC)c(OC)c3)CC2)c1. The highest BCUT2D eigenvalue weighted by atomic mass is 32.2. The van der Waals surface area contributed by atoms with Crippen molar-refractivity contribution in [3.05, 3.63) is 48.0 Å². The summed E-state index contributed by atoms with van der Waals surface area (Å²) in [4.78, 5) is 25.8. The third-order valence-electron chi connectivity index (χ3n) is 5.20. The number of nitrogens with zero attached hydrogens (tertiary/aromatic N) is 2. The molecule has 1 amide bonds. The lowest BCUT2D eigenvalue weighted by molar-refractivity contribution is -0.134. The van der Waals surface area contributed by atoms with Crippen LogP contribution in [-0.4, -0.2) is 83.6 Å². The molecule has 1 aliphatic heterocycles. The summed E-state index contributed by atoms with van der Waals surface area (Å²) in [5.41, 5.74) is 0.316. The molecule has 33 heavy (non-hydrogen) atoms. The molecule has 2 aromatic rings. The molecule has 10 nitrogen and oxygen atoms in total. The van der Waals surface area contributed by atoms with Crippen LogP contribution in [0.3, 0.4) is 0 Å². The predicted octanol–water partition coefficient (Wildman–Crippen LogP) is 1.40. The summed E-state index contributed by atoms with van der Waals surface area (Å²) >= 11 is 0. The molecule has 11 heteroatoms. The second-order valence-electron chi connectivity index (χ2n) is 7.11. The van der Waals surface area contributed by atoms with E-state index in [4.69, 9.17) is 14.2 Å². The van der Waals surface area contributed by atoms with Gasteiger partial charge in [0.25, 0.3) is 5.91 Å². The van der Waals surface area contributed by atoms with Crippen LogP contribution in [0.15, 0.2) is 47.4 Å². The van der Waals surface area contributed by atoms with Crippen molar-refractivity contribution in [2.24, 2.45) is 0 Å². The Morgan fingerprint density at radius 1 is 0.909 bits per heavy atom. The number of carbonyl (C=O) groups is 2. The number of esters is 1. The molecule has 0 saturated carbocycles. The highest BCUT2D eigenvalue weighted by Crippen LogP contribution is 2.30. The molecule has 0 N–H and O–H groups in total. The topological polar surface area (TPSA) is 112 Å². The Hall–Kier alpha value is -3.31.